The van der Waals surface area contributed by atoms with E-state index in [0.717, 1.165) is 0 Å². The van der Waals surface area contributed by atoms with Crippen LogP contribution < -0.4 is 14.2 Å². The van der Waals surface area contributed by atoms with Crippen LogP contribution in [-0.4, -0.2) is 35.7 Å². The van der Waals surface area contributed by atoms with Crippen molar-refractivity contribution in [3.05, 3.63) is 53.6 Å². The molecule has 0 amide bonds. The van der Waals surface area contributed by atoms with Gasteiger partial charge >= 0.3 is 5.97 Å². The first-order valence-electron chi connectivity index (χ1n) is 7.75. The molecular formula is C18H21NO6S. The lowest BCUT2D eigenvalue weighted by Crippen LogP contribution is -2.27. The van der Waals surface area contributed by atoms with Gasteiger partial charge in [-0.15, -0.1) is 0 Å². The Labute approximate surface area is 152 Å². The smallest absolute Gasteiger partial charge is 0.337 e. The summed E-state index contributed by atoms with van der Waals surface area (Å²) in [6.07, 6.45) is 0. The molecule has 26 heavy (non-hydrogen) atoms. The predicted octanol–water partition coefficient (Wildman–Crippen LogP) is 2.53. The summed E-state index contributed by atoms with van der Waals surface area (Å²) in [4.78, 5) is 11.6. The number of sulfonamides is 1. The number of hydrogen-bond donors (Lipinski definition) is 1. The second kappa shape index (κ2) is 8.20. The van der Waals surface area contributed by atoms with Crippen molar-refractivity contribution in [1.29, 1.82) is 0 Å². The molecular weight excluding hydrogens is 358 g/mol. The van der Waals surface area contributed by atoms with E-state index in [1.165, 1.54) is 45.6 Å². The summed E-state index contributed by atoms with van der Waals surface area (Å²) < 4.78 is 43.1. The number of nitrogens with one attached hydrogen (secondary N) is 1. The Kier molecular flexibility index (Phi) is 6.23. The minimum atomic E-state index is -3.87. The topological polar surface area (TPSA) is 90.9 Å². The zero-order chi connectivity index (χ0) is 19.3. The number of ether oxygens (including phenoxy) is 3. The second-order valence-corrected chi connectivity index (χ2v) is 7.18. The minimum Gasteiger partial charge on any atom is -0.497 e. The molecule has 0 unspecified atom stereocenters. The molecule has 0 aliphatic heterocycles. The van der Waals surface area contributed by atoms with E-state index in [-0.39, 0.29) is 10.5 Å². The molecule has 140 valence electrons. The molecule has 0 spiro atoms. The van der Waals surface area contributed by atoms with Gasteiger partial charge in [0.05, 0.1) is 31.8 Å². The quantitative estimate of drug-likeness (QED) is 0.744. The van der Waals surface area contributed by atoms with Gasteiger partial charge in [0.25, 0.3) is 0 Å². The molecule has 2 rings (SSSR count). The van der Waals surface area contributed by atoms with Crippen LogP contribution in [0, 0.1) is 0 Å². The zero-order valence-electron chi connectivity index (χ0n) is 15.0. The molecule has 0 aromatic heterocycles. The van der Waals surface area contributed by atoms with Gasteiger partial charge in [-0.3, -0.25) is 0 Å². The van der Waals surface area contributed by atoms with Gasteiger partial charge in [-0.05, 0) is 43.3 Å². The molecule has 8 heteroatoms. The predicted molar refractivity (Wildman–Crippen MR) is 96.1 cm³/mol. The fraction of sp³-hybridized carbons (Fsp3) is 0.278. The summed E-state index contributed by atoms with van der Waals surface area (Å²) in [6, 6.07) is 10.2. The zero-order valence-corrected chi connectivity index (χ0v) is 15.8. The first-order chi connectivity index (χ1) is 12.3. The van der Waals surface area contributed by atoms with E-state index < -0.39 is 22.0 Å². The molecule has 0 heterocycles. The summed E-state index contributed by atoms with van der Waals surface area (Å²) in [5, 5.41) is 0. The van der Waals surface area contributed by atoms with Crippen LogP contribution in [0.4, 0.5) is 0 Å². The van der Waals surface area contributed by atoms with Gasteiger partial charge in [0.1, 0.15) is 11.5 Å². The highest BCUT2D eigenvalue weighted by atomic mass is 32.2. The lowest BCUT2D eigenvalue weighted by molar-refractivity contribution is 0.0600. The summed E-state index contributed by atoms with van der Waals surface area (Å²) in [5.74, 6) is 0.508. The number of carbonyl (C=O) groups is 1. The maximum Gasteiger partial charge on any atom is 0.337 e. The number of methoxy groups -OCH3 is 3. The number of hydrogen-bond acceptors (Lipinski definition) is 6. The normalized spacial score (nSPS) is 12.3. The van der Waals surface area contributed by atoms with Crippen molar-refractivity contribution >= 4 is 16.0 Å². The maximum absolute atomic E-state index is 12.7. The first-order valence-corrected chi connectivity index (χ1v) is 9.23. The van der Waals surface area contributed by atoms with E-state index in [2.05, 4.69) is 9.46 Å². The van der Waals surface area contributed by atoms with Crippen molar-refractivity contribution < 1.29 is 27.4 Å². The lowest BCUT2D eigenvalue weighted by Gasteiger charge is -2.18. The molecule has 1 atom stereocenters. The lowest BCUT2D eigenvalue weighted by atomic mass is 10.1. The maximum atomic E-state index is 12.7. The van der Waals surface area contributed by atoms with E-state index in [9.17, 15) is 13.2 Å². The fourth-order valence-corrected chi connectivity index (χ4v) is 3.72. The summed E-state index contributed by atoms with van der Waals surface area (Å²) in [5.41, 5.74) is 0.779. The van der Waals surface area contributed by atoms with Gasteiger partial charge in [-0.1, -0.05) is 6.07 Å². The average molecular weight is 379 g/mol. The van der Waals surface area contributed by atoms with Crippen LogP contribution in [0.25, 0.3) is 0 Å². The molecule has 0 radical (unpaired) electrons. The standard InChI is InChI=1S/C18H21NO6S/c1-12(16-11-14(23-2)8-9-17(16)24-3)19-26(21,22)15-7-5-6-13(10-15)18(20)25-4/h5-12,19H,1-4H3/t12-/m0/s1. The summed E-state index contributed by atoms with van der Waals surface area (Å²) in [6.45, 7) is 1.69. The summed E-state index contributed by atoms with van der Waals surface area (Å²) >= 11 is 0. The van der Waals surface area contributed by atoms with Crippen LogP contribution in [0.2, 0.25) is 0 Å². The molecule has 0 saturated carbocycles. The Balaban J connectivity index is 2.33. The Hall–Kier alpha value is -2.58. The molecule has 2 aromatic rings. The first kappa shape index (κ1) is 19.7. The monoisotopic (exact) mass is 379 g/mol. The number of benzene rings is 2. The number of carbonyl (C=O) groups excluding carboxylic acids is 1. The van der Waals surface area contributed by atoms with Crippen LogP contribution in [-0.2, 0) is 14.8 Å². The van der Waals surface area contributed by atoms with Gasteiger partial charge in [-0.2, -0.15) is 0 Å². The fourth-order valence-electron chi connectivity index (χ4n) is 2.45. The molecule has 0 aliphatic carbocycles. The summed E-state index contributed by atoms with van der Waals surface area (Å²) in [7, 11) is 0.397. The Morgan fingerprint density at radius 2 is 1.77 bits per heavy atom. The molecule has 0 fully saturated rings. The SMILES string of the molecule is COC(=O)c1cccc(S(=O)(=O)N[C@@H](C)c2cc(OC)ccc2OC)c1. The largest absolute Gasteiger partial charge is 0.497 e. The van der Waals surface area contributed by atoms with Crippen molar-refractivity contribution in [3.8, 4) is 11.5 Å². The average Bonchev–Trinajstić information content (AvgIpc) is 2.66. The molecule has 0 bridgehead atoms. The second-order valence-electron chi connectivity index (χ2n) is 5.47. The van der Waals surface area contributed by atoms with Gasteiger partial charge in [0, 0.05) is 11.6 Å². The third-order valence-corrected chi connectivity index (χ3v) is 5.34. The van der Waals surface area contributed by atoms with E-state index in [1.54, 1.807) is 25.1 Å². The third kappa shape index (κ3) is 4.33. The highest BCUT2D eigenvalue weighted by Gasteiger charge is 2.22. The molecule has 1 N–H and O–H groups in total. The van der Waals surface area contributed by atoms with Crippen molar-refractivity contribution in [3.63, 3.8) is 0 Å². The van der Waals surface area contributed by atoms with Crippen molar-refractivity contribution in [2.75, 3.05) is 21.3 Å². The van der Waals surface area contributed by atoms with Gasteiger partial charge in [0.2, 0.25) is 10.0 Å². The van der Waals surface area contributed by atoms with Crippen LogP contribution >= 0.6 is 0 Å². The third-order valence-electron chi connectivity index (χ3n) is 3.80. The molecule has 0 saturated heterocycles. The van der Waals surface area contributed by atoms with Crippen molar-refractivity contribution in [1.82, 2.24) is 4.72 Å². The highest BCUT2D eigenvalue weighted by molar-refractivity contribution is 7.89. The van der Waals surface area contributed by atoms with Crippen LogP contribution in [0.1, 0.15) is 28.9 Å². The number of esters is 1. The minimum absolute atomic E-state index is 0.0332. The van der Waals surface area contributed by atoms with Gasteiger partial charge < -0.3 is 14.2 Å². The highest BCUT2D eigenvalue weighted by Crippen LogP contribution is 2.30. The van der Waals surface area contributed by atoms with E-state index in [4.69, 9.17) is 9.47 Å². The number of rotatable bonds is 7. The Morgan fingerprint density at radius 1 is 1.04 bits per heavy atom. The van der Waals surface area contributed by atoms with Gasteiger partial charge in [0.15, 0.2) is 0 Å². The van der Waals surface area contributed by atoms with E-state index >= 15 is 0 Å². The van der Waals surface area contributed by atoms with Crippen molar-refractivity contribution in [2.24, 2.45) is 0 Å². The molecule has 2 aromatic carbocycles. The van der Waals surface area contributed by atoms with Crippen molar-refractivity contribution in [2.45, 2.75) is 17.9 Å². The Bertz CT molecular complexity index is 894. The van der Waals surface area contributed by atoms with E-state index in [0.29, 0.717) is 17.1 Å². The van der Waals surface area contributed by atoms with Crippen LogP contribution in [0.3, 0.4) is 0 Å². The van der Waals surface area contributed by atoms with Crippen LogP contribution in [0.15, 0.2) is 47.4 Å². The molecule has 0 aliphatic rings. The Morgan fingerprint density at radius 3 is 2.38 bits per heavy atom. The molecule has 7 nitrogen and oxygen atoms in total. The van der Waals surface area contributed by atoms with Crippen LogP contribution in [0.5, 0.6) is 11.5 Å². The van der Waals surface area contributed by atoms with Gasteiger partial charge in [-0.25, -0.2) is 17.9 Å². The van der Waals surface area contributed by atoms with E-state index in [1.807, 2.05) is 0 Å².